The first kappa shape index (κ1) is 15.3. The Hall–Kier alpha value is -1.60. The van der Waals surface area contributed by atoms with Crippen LogP contribution in [0.1, 0.15) is 37.0 Å². The molecule has 0 bridgehead atoms. The largest absolute Gasteiger partial charge is 0.303 e. The molecule has 1 aliphatic carbocycles. The molecule has 0 fully saturated rings. The maximum Gasteiger partial charge on any atom is 0.0292 e. The Morgan fingerprint density at radius 3 is 2.23 bits per heavy atom. The number of hydrogen-bond donors (Lipinski definition) is 0. The quantitative estimate of drug-likeness (QED) is 0.808. The number of rotatable bonds is 3. The molecule has 2 aromatic carbocycles. The van der Waals surface area contributed by atoms with Crippen LogP contribution < -0.4 is 0 Å². The van der Waals surface area contributed by atoms with Crippen molar-refractivity contribution in [1.29, 1.82) is 0 Å². The molecule has 3 rings (SSSR count). The highest BCUT2D eigenvalue weighted by molar-refractivity contribution is 5.39. The van der Waals surface area contributed by atoms with Gasteiger partial charge >= 0.3 is 0 Å². The maximum absolute atomic E-state index is 2.46. The summed E-state index contributed by atoms with van der Waals surface area (Å²) in [5, 5.41) is 0. The van der Waals surface area contributed by atoms with Crippen LogP contribution in [0, 0.1) is 0 Å². The summed E-state index contributed by atoms with van der Waals surface area (Å²) in [6, 6.07) is 19.9. The first-order valence-corrected chi connectivity index (χ1v) is 8.23. The third-order valence-electron chi connectivity index (χ3n) is 5.36. The van der Waals surface area contributed by atoms with Crippen LogP contribution in [0.3, 0.4) is 0 Å². The minimum absolute atomic E-state index is 0.194. The fourth-order valence-corrected chi connectivity index (χ4v) is 4.24. The number of benzene rings is 2. The van der Waals surface area contributed by atoms with E-state index in [0.29, 0.717) is 0 Å². The Labute approximate surface area is 135 Å². The molecule has 1 nitrogen and oxygen atoms in total. The van der Waals surface area contributed by atoms with Gasteiger partial charge in [0, 0.05) is 5.54 Å². The second-order valence-electron chi connectivity index (χ2n) is 7.68. The molecule has 116 valence electrons. The van der Waals surface area contributed by atoms with Crippen molar-refractivity contribution >= 4 is 0 Å². The van der Waals surface area contributed by atoms with E-state index in [1.54, 1.807) is 0 Å². The maximum atomic E-state index is 2.46. The van der Waals surface area contributed by atoms with Gasteiger partial charge in [-0.05, 0) is 55.5 Å². The third kappa shape index (κ3) is 2.70. The molecule has 0 amide bonds. The van der Waals surface area contributed by atoms with Crippen LogP contribution in [0.4, 0.5) is 0 Å². The van der Waals surface area contributed by atoms with Crippen molar-refractivity contribution in [2.75, 3.05) is 14.1 Å². The molecule has 1 unspecified atom stereocenters. The predicted molar refractivity (Wildman–Crippen MR) is 94.4 cm³/mol. The van der Waals surface area contributed by atoms with Crippen LogP contribution in [-0.4, -0.2) is 24.5 Å². The number of nitrogens with zero attached hydrogens (tertiary/aromatic N) is 1. The zero-order chi connectivity index (χ0) is 15.8. The van der Waals surface area contributed by atoms with Crippen molar-refractivity contribution in [2.45, 2.75) is 44.1 Å². The summed E-state index contributed by atoms with van der Waals surface area (Å²) in [7, 11) is 4.49. The lowest BCUT2D eigenvalue weighted by molar-refractivity contribution is 0.0984. The van der Waals surface area contributed by atoms with E-state index in [1.165, 1.54) is 23.1 Å². The van der Waals surface area contributed by atoms with Crippen LogP contribution in [0.15, 0.2) is 54.6 Å². The van der Waals surface area contributed by atoms with E-state index in [9.17, 15) is 0 Å². The number of hydrogen-bond acceptors (Lipinski definition) is 1. The van der Waals surface area contributed by atoms with E-state index in [2.05, 4.69) is 87.4 Å². The van der Waals surface area contributed by atoms with Crippen molar-refractivity contribution in [2.24, 2.45) is 0 Å². The smallest absolute Gasteiger partial charge is 0.0292 e. The van der Waals surface area contributed by atoms with Crippen LogP contribution in [-0.2, 0) is 18.3 Å². The second-order valence-corrected chi connectivity index (χ2v) is 7.68. The van der Waals surface area contributed by atoms with Crippen LogP contribution in [0.2, 0.25) is 0 Å². The Morgan fingerprint density at radius 2 is 1.55 bits per heavy atom. The van der Waals surface area contributed by atoms with Crippen molar-refractivity contribution in [1.82, 2.24) is 4.90 Å². The molecule has 22 heavy (non-hydrogen) atoms. The van der Waals surface area contributed by atoms with Crippen molar-refractivity contribution in [3.63, 3.8) is 0 Å². The molecule has 1 aliphatic rings. The highest BCUT2D eigenvalue weighted by atomic mass is 15.1. The fraction of sp³-hybridized carbons (Fsp3) is 0.429. The summed E-state index contributed by atoms with van der Waals surface area (Å²) in [6.45, 7) is 4.79. The fourth-order valence-electron chi connectivity index (χ4n) is 4.24. The van der Waals surface area contributed by atoms with Gasteiger partial charge < -0.3 is 4.90 Å². The zero-order valence-electron chi connectivity index (χ0n) is 14.3. The highest BCUT2D eigenvalue weighted by Gasteiger charge is 2.44. The first-order chi connectivity index (χ1) is 10.4. The van der Waals surface area contributed by atoms with Crippen LogP contribution in [0.5, 0.6) is 0 Å². The average Bonchev–Trinajstić information content (AvgIpc) is 2.47. The lowest BCUT2D eigenvalue weighted by atomic mass is 9.63. The van der Waals surface area contributed by atoms with Gasteiger partial charge in [-0.25, -0.2) is 0 Å². The van der Waals surface area contributed by atoms with Crippen molar-refractivity contribution in [3.8, 4) is 0 Å². The van der Waals surface area contributed by atoms with E-state index >= 15 is 0 Å². The summed E-state index contributed by atoms with van der Waals surface area (Å²) in [6.07, 6.45) is 3.44. The molecule has 0 aliphatic heterocycles. The van der Waals surface area contributed by atoms with Gasteiger partial charge in [-0.1, -0.05) is 68.4 Å². The predicted octanol–water partition coefficient (Wildman–Crippen LogP) is 4.45. The van der Waals surface area contributed by atoms with Gasteiger partial charge in [0.2, 0.25) is 0 Å². The van der Waals surface area contributed by atoms with Crippen molar-refractivity contribution < 1.29 is 0 Å². The normalized spacial score (nSPS) is 23.3. The second kappa shape index (κ2) is 5.55. The number of likely N-dealkylation sites (N-methyl/N-ethyl adjacent to an activating group) is 1. The minimum atomic E-state index is 0.194. The van der Waals surface area contributed by atoms with Gasteiger partial charge in [-0.2, -0.15) is 0 Å². The van der Waals surface area contributed by atoms with Crippen LogP contribution in [0.25, 0.3) is 0 Å². The lowest BCUT2D eigenvalue weighted by Gasteiger charge is -2.50. The van der Waals surface area contributed by atoms with Gasteiger partial charge in [0.05, 0.1) is 0 Å². The lowest BCUT2D eigenvalue weighted by Crippen LogP contribution is -2.54. The van der Waals surface area contributed by atoms with Gasteiger partial charge in [-0.3, -0.25) is 0 Å². The standard InChI is InChI=1S/C21H27N/c1-20(2)16-21(22(3)4,14-17-10-6-5-7-11-17)15-18-12-8-9-13-19(18)20/h5-13H,14-16H2,1-4H3. The molecule has 0 spiro atoms. The summed E-state index contributed by atoms with van der Waals surface area (Å²) in [5.41, 5.74) is 4.89. The Balaban J connectivity index is 2.03. The minimum Gasteiger partial charge on any atom is -0.303 e. The Kier molecular flexibility index (Phi) is 3.86. The first-order valence-electron chi connectivity index (χ1n) is 8.23. The van der Waals surface area contributed by atoms with E-state index in [1.807, 2.05) is 0 Å². The summed E-state index contributed by atoms with van der Waals surface area (Å²) in [5.74, 6) is 0. The molecule has 0 saturated heterocycles. The van der Waals surface area contributed by atoms with Crippen molar-refractivity contribution in [3.05, 3.63) is 71.3 Å². The molecule has 0 saturated carbocycles. The van der Waals surface area contributed by atoms with Gasteiger partial charge in [-0.15, -0.1) is 0 Å². The molecular formula is C21H27N. The molecule has 0 heterocycles. The SMILES string of the molecule is CN(C)C1(Cc2ccccc2)Cc2ccccc2C(C)(C)C1. The van der Waals surface area contributed by atoms with Gasteiger partial charge in [0.1, 0.15) is 0 Å². The van der Waals surface area contributed by atoms with E-state index in [0.717, 1.165) is 12.8 Å². The van der Waals surface area contributed by atoms with Crippen LogP contribution >= 0.6 is 0 Å². The Morgan fingerprint density at radius 1 is 0.909 bits per heavy atom. The molecule has 2 aromatic rings. The molecule has 1 heteroatoms. The topological polar surface area (TPSA) is 3.24 Å². The molecular weight excluding hydrogens is 266 g/mol. The van der Waals surface area contributed by atoms with Gasteiger partial charge in [0.15, 0.2) is 0 Å². The molecule has 0 aromatic heterocycles. The molecule has 0 radical (unpaired) electrons. The Bertz CT molecular complexity index is 642. The van der Waals surface area contributed by atoms with E-state index in [-0.39, 0.29) is 11.0 Å². The summed E-state index contributed by atoms with van der Waals surface area (Å²) < 4.78 is 0. The molecule has 0 N–H and O–H groups in total. The summed E-state index contributed by atoms with van der Waals surface area (Å²) >= 11 is 0. The van der Waals surface area contributed by atoms with Gasteiger partial charge in [0.25, 0.3) is 0 Å². The zero-order valence-corrected chi connectivity index (χ0v) is 14.3. The third-order valence-corrected chi connectivity index (χ3v) is 5.36. The molecule has 1 atom stereocenters. The monoisotopic (exact) mass is 293 g/mol. The summed E-state index contributed by atoms with van der Waals surface area (Å²) in [4.78, 5) is 2.46. The van der Waals surface area contributed by atoms with E-state index in [4.69, 9.17) is 0 Å². The highest BCUT2D eigenvalue weighted by Crippen LogP contribution is 2.44. The number of fused-ring (bicyclic) bond motifs is 1. The average molecular weight is 293 g/mol. The van der Waals surface area contributed by atoms with E-state index < -0.39 is 0 Å².